The third-order valence-electron chi connectivity index (χ3n) is 5.51. The summed E-state index contributed by atoms with van der Waals surface area (Å²) >= 11 is 6.07. The second-order valence-corrected chi connectivity index (χ2v) is 8.50. The summed E-state index contributed by atoms with van der Waals surface area (Å²) in [5, 5.41) is 22.5. The molecule has 1 aliphatic rings. The number of carbonyl (C=O) groups is 2. The first-order valence-corrected chi connectivity index (χ1v) is 10.1. The van der Waals surface area contributed by atoms with Gasteiger partial charge in [0, 0.05) is 35.7 Å². The lowest BCUT2D eigenvalue weighted by atomic mass is 9.77. The highest BCUT2D eigenvalue weighted by Crippen LogP contribution is 2.47. The van der Waals surface area contributed by atoms with Crippen molar-refractivity contribution in [3.8, 4) is 0 Å². The number of non-ortho nitro benzene ring substituents is 1. The van der Waals surface area contributed by atoms with Crippen LogP contribution in [0.5, 0.6) is 0 Å². The maximum absolute atomic E-state index is 12.6. The SMILES string of the molecule is CC(=O)CC1(C)CC(O)=C(C(C)=O)C(c2ccc([N+](=O)[O-])cc2)N1c1ccc(Cl)cc1. The van der Waals surface area contributed by atoms with Gasteiger partial charge in [-0.05, 0) is 62.7 Å². The number of hydrogen-bond donors (Lipinski definition) is 1. The molecule has 0 saturated heterocycles. The monoisotopic (exact) mass is 442 g/mol. The van der Waals surface area contributed by atoms with E-state index in [9.17, 15) is 24.8 Å². The van der Waals surface area contributed by atoms with Crippen molar-refractivity contribution in [3.63, 3.8) is 0 Å². The predicted molar refractivity (Wildman–Crippen MR) is 118 cm³/mol. The smallest absolute Gasteiger partial charge is 0.269 e. The molecule has 2 atom stereocenters. The lowest BCUT2D eigenvalue weighted by Crippen LogP contribution is -2.54. The Bertz CT molecular complexity index is 1060. The number of aliphatic hydroxyl groups is 1. The van der Waals surface area contributed by atoms with Gasteiger partial charge in [-0.15, -0.1) is 0 Å². The summed E-state index contributed by atoms with van der Waals surface area (Å²) in [5.41, 5.74) is 0.579. The largest absolute Gasteiger partial charge is 0.512 e. The van der Waals surface area contributed by atoms with E-state index < -0.39 is 16.5 Å². The highest BCUT2D eigenvalue weighted by molar-refractivity contribution is 6.30. The van der Waals surface area contributed by atoms with E-state index in [4.69, 9.17) is 11.6 Å². The predicted octanol–water partition coefficient (Wildman–Crippen LogP) is 5.34. The molecule has 8 heteroatoms. The number of hydrogen-bond acceptors (Lipinski definition) is 6. The van der Waals surface area contributed by atoms with Crippen molar-refractivity contribution in [3.05, 3.63) is 80.6 Å². The Morgan fingerprint density at radius 2 is 1.74 bits per heavy atom. The molecule has 0 amide bonds. The van der Waals surface area contributed by atoms with Gasteiger partial charge in [-0.3, -0.25) is 19.7 Å². The fraction of sp³-hybridized carbons (Fsp3) is 0.304. The molecule has 0 spiro atoms. The molecule has 31 heavy (non-hydrogen) atoms. The van der Waals surface area contributed by atoms with E-state index in [0.29, 0.717) is 16.3 Å². The number of ketones is 2. The zero-order valence-corrected chi connectivity index (χ0v) is 18.2. The number of rotatable bonds is 6. The van der Waals surface area contributed by atoms with Crippen molar-refractivity contribution in [1.82, 2.24) is 0 Å². The molecule has 2 aromatic rings. The molecule has 2 aromatic carbocycles. The molecule has 0 aromatic heterocycles. The number of nitro benzene ring substituents is 1. The highest BCUT2D eigenvalue weighted by atomic mass is 35.5. The number of halogens is 1. The zero-order valence-electron chi connectivity index (χ0n) is 17.5. The first-order chi connectivity index (χ1) is 14.5. The molecule has 1 N–H and O–H groups in total. The van der Waals surface area contributed by atoms with Crippen LogP contribution in [0.2, 0.25) is 5.02 Å². The molecule has 162 valence electrons. The molecule has 1 aliphatic heterocycles. The Balaban J connectivity index is 2.28. The van der Waals surface area contributed by atoms with Crippen LogP contribution in [0.25, 0.3) is 0 Å². The molecule has 0 aliphatic carbocycles. The molecule has 2 unspecified atom stereocenters. The summed E-state index contributed by atoms with van der Waals surface area (Å²) in [6.07, 6.45) is 0.238. The van der Waals surface area contributed by atoms with Crippen LogP contribution in [-0.2, 0) is 9.59 Å². The van der Waals surface area contributed by atoms with Crippen molar-refractivity contribution in [1.29, 1.82) is 0 Å². The Hall–Kier alpha value is -3.19. The van der Waals surface area contributed by atoms with E-state index in [2.05, 4.69) is 0 Å². The molecular formula is C23H23ClN2O5. The van der Waals surface area contributed by atoms with Gasteiger partial charge in [0.05, 0.1) is 22.1 Å². The zero-order chi connectivity index (χ0) is 22.9. The molecular weight excluding hydrogens is 420 g/mol. The number of benzene rings is 2. The average Bonchev–Trinajstić information content (AvgIpc) is 2.67. The van der Waals surface area contributed by atoms with Gasteiger partial charge >= 0.3 is 0 Å². The standard InChI is InChI=1S/C23H23ClN2O5/c1-14(27)12-23(3)13-20(29)21(15(2)28)22(16-4-8-19(9-5-16)26(30)31)25(23)18-10-6-17(24)7-11-18/h4-11,22,29H,12-13H2,1-3H3. The van der Waals surface area contributed by atoms with Crippen LogP contribution in [-0.4, -0.2) is 27.1 Å². The van der Waals surface area contributed by atoms with E-state index in [1.165, 1.54) is 26.0 Å². The van der Waals surface area contributed by atoms with Crippen LogP contribution in [0.3, 0.4) is 0 Å². The van der Waals surface area contributed by atoms with Gasteiger partial charge in [-0.25, -0.2) is 0 Å². The minimum Gasteiger partial charge on any atom is -0.512 e. The molecule has 0 bridgehead atoms. The van der Waals surface area contributed by atoms with Crippen LogP contribution in [0.1, 0.15) is 45.2 Å². The van der Waals surface area contributed by atoms with Gasteiger partial charge < -0.3 is 10.0 Å². The summed E-state index contributed by atoms with van der Waals surface area (Å²) in [4.78, 5) is 37.3. The number of Topliss-reactive ketones (excluding diaryl/α,β-unsaturated/α-hetero) is 2. The van der Waals surface area contributed by atoms with Crippen LogP contribution in [0.15, 0.2) is 59.9 Å². The summed E-state index contributed by atoms with van der Waals surface area (Å²) in [6.45, 7) is 4.71. The number of carbonyl (C=O) groups excluding carboxylic acids is 2. The van der Waals surface area contributed by atoms with Crippen LogP contribution < -0.4 is 4.90 Å². The maximum Gasteiger partial charge on any atom is 0.269 e. The minimum atomic E-state index is -0.838. The topological polar surface area (TPSA) is 101 Å². The quantitative estimate of drug-likeness (QED) is 0.478. The first-order valence-electron chi connectivity index (χ1n) is 9.75. The molecule has 0 fully saturated rings. The van der Waals surface area contributed by atoms with Crippen LogP contribution in [0, 0.1) is 10.1 Å². The fourth-order valence-electron chi connectivity index (χ4n) is 4.38. The Morgan fingerprint density at radius 3 is 2.23 bits per heavy atom. The third-order valence-corrected chi connectivity index (χ3v) is 5.76. The van der Waals surface area contributed by atoms with E-state index >= 15 is 0 Å². The lowest BCUT2D eigenvalue weighted by Gasteiger charge is -2.51. The van der Waals surface area contributed by atoms with Gasteiger partial charge in [0.1, 0.15) is 11.5 Å². The van der Waals surface area contributed by atoms with Gasteiger partial charge in [-0.2, -0.15) is 0 Å². The van der Waals surface area contributed by atoms with Gasteiger partial charge in [0.2, 0.25) is 0 Å². The summed E-state index contributed by atoms with van der Waals surface area (Å²) in [6, 6.07) is 12.1. The lowest BCUT2D eigenvalue weighted by molar-refractivity contribution is -0.384. The Labute approximate surface area is 185 Å². The van der Waals surface area contributed by atoms with E-state index in [1.807, 2.05) is 11.8 Å². The van der Waals surface area contributed by atoms with Crippen molar-refractivity contribution in [2.24, 2.45) is 0 Å². The second-order valence-electron chi connectivity index (χ2n) is 8.07. The summed E-state index contributed by atoms with van der Waals surface area (Å²) < 4.78 is 0. The molecule has 1 heterocycles. The number of nitrogens with zero attached hydrogens (tertiary/aromatic N) is 2. The minimum absolute atomic E-state index is 0.0667. The summed E-state index contributed by atoms with van der Waals surface area (Å²) in [7, 11) is 0. The van der Waals surface area contributed by atoms with Gasteiger partial charge in [0.25, 0.3) is 5.69 Å². The second kappa shape index (κ2) is 8.51. The van der Waals surface area contributed by atoms with Crippen molar-refractivity contribution >= 4 is 34.5 Å². The number of aliphatic hydroxyl groups excluding tert-OH is 1. The molecule has 0 radical (unpaired) electrons. The van der Waals surface area contributed by atoms with E-state index in [1.54, 1.807) is 36.4 Å². The van der Waals surface area contributed by atoms with Gasteiger partial charge in [0.15, 0.2) is 5.78 Å². The summed E-state index contributed by atoms with van der Waals surface area (Å²) in [5.74, 6) is -0.461. The first kappa shape index (κ1) is 22.5. The average molecular weight is 443 g/mol. The van der Waals surface area contributed by atoms with Crippen LogP contribution in [0.4, 0.5) is 11.4 Å². The maximum atomic E-state index is 12.6. The Kier molecular flexibility index (Phi) is 6.18. The normalized spacial score (nSPS) is 21.2. The van der Waals surface area contributed by atoms with Crippen LogP contribution >= 0.6 is 11.6 Å². The van der Waals surface area contributed by atoms with Crippen molar-refractivity contribution in [2.75, 3.05) is 4.90 Å². The van der Waals surface area contributed by atoms with E-state index in [0.717, 1.165) is 0 Å². The third kappa shape index (κ3) is 4.46. The molecule has 0 saturated carbocycles. The van der Waals surface area contributed by atoms with Crippen molar-refractivity contribution < 1.29 is 19.6 Å². The molecule has 3 rings (SSSR count). The highest BCUT2D eigenvalue weighted by Gasteiger charge is 2.46. The Morgan fingerprint density at radius 1 is 1.16 bits per heavy atom. The number of anilines is 1. The van der Waals surface area contributed by atoms with E-state index in [-0.39, 0.29) is 41.4 Å². The van der Waals surface area contributed by atoms with Gasteiger partial charge in [-0.1, -0.05) is 11.6 Å². The van der Waals surface area contributed by atoms with Crippen molar-refractivity contribution in [2.45, 2.75) is 45.2 Å². The molecule has 7 nitrogen and oxygen atoms in total. The fourth-order valence-corrected chi connectivity index (χ4v) is 4.50. The number of nitro groups is 1.